The van der Waals surface area contributed by atoms with Gasteiger partial charge in [0.2, 0.25) is 11.8 Å². The molecule has 2 amide bonds. The fourth-order valence-corrected chi connectivity index (χ4v) is 3.77. The Morgan fingerprint density at radius 1 is 0.727 bits per heavy atom. The molecule has 3 atom stereocenters. The van der Waals surface area contributed by atoms with Gasteiger partial charge in [-0.15, -0.1) is 0 Å². The maximum absolute atomic E-state index is 12.2. The number of carbonyl (C=O) groups is 2. The molecular weight excluding hydrogens is 414 g/mol. The summed E-state index contributed by atoms with van der Waals surface area (Å²) < 4.78 is 0. The van der Waals surface area contributed by atoms with Crippen molar-refractivity contribution in [2.45, 2.75) is 117 Å². The second-order valence-electron chi connectivity index (χ2n) is 9.35. The first-order valence-corrected chi connectivity index (χ1v) is 13.1. The third kappa shape index (κ3) is 20.7. The Bertz CT molecular complexity index is 517. The third-order valence-electron chi connectivity index (χ3n) is 5.29. The van der Waals surface area contributed by atoms with Crippen LogP contribution < -0.4 is 10.6 Å². The minimum Gasteiger partial charge on any atom is -0.392 e. The van der Waals surface area contributed by atoms with Crippen LogP contribution in [0.3, 0.4) is 0 Å². The highest BCUT2D eigenvalue weighted by molar-refractivity contribution is 5.78. The summed E-state index contributed by atoms with van der Waals surface area (Å²) >= 11 is 0. The number of rotatable bonds is 20. The molecule has 0 saturated carbocycles. The highest BCUT2D eigenvalue weighted by Crippen LogP contribution is 2.03. The first-order chi connectivity index (χ1) is 15.8. The number of aliphatic hydroxyl groups excluding tert-OH is 1. The number of amides is 2. The van der Waals surface area contributed by atoms with E-state index in [4.69, 9.17) is 0 Å². The number of hydrogen-bond acceptors (Lipinski definition) is 4. The second kappa shape index (κ2) is 20.9. The van der Waals surface area contributed by atoms with Crippen molar-refractivity contribution in [2.75, 3.05) is 19.6 Å². The number of nitrogens with one attached hydrogen (secondary N) is 2. The van der Waals surface area contributed by atoms with E-state index in [1.807, 2.05) is 26.0 Å². The molecule has 0 saturated heterocycles. The van der Waals surface area contributed by atoms with E-state index >= 15 is 0 Å². The molecule has 3 unspecified atom stereocenters. The number of carbonyl (C=O) groups excluding carboxylic acids is 2. The third-order valence-corrected chi connectivity index (χ3v) is 5.29. The lowest BCUT2D eigenvalue weighted by Crippen LogP contribution is -2.49. The van der Waals surface area contributed by atoms with E-state index in [1.54, 1.807) is 6.92 Å². The van der Waals surface area contributed by atoms with Crippen LogP contribution in [0.5, 0.6) is 0 Å². The fourth-order valence-electron chi connectivity index (χ4n) is 3.77. The lowest BCUT2D eigenvalue weighted by Gasteiger charge is -2.30. The molecule has 192 valence electrons. The second-order valence-corrected chi connectivity index (χ2v) is 9.35. The molecule has 0 aliphatic heterocycles. The van der Waals surface area contributed by atoms with E-state index in [9.17, 15) is 14.7 Å². The van der Waals surface area contributed by atoms with E-state index in [0.29, 0.717) is 32.5 Å². The van der Waals surface area contributed by atoms with E-state index in [-0.39, 0.29) is 23.9 Å². The summed E-state index contributed by atoms with van der Waals surface area (Å²) in [7, 11) is 0. The smallest absolute Gasteiger partial charge is 0.224 e. The fraction of sp³-hybridized carbons (Fsp3) is 0.778. The predicted molar refractivity (Wildman–Crippen MR) is 139 cm³/mol. The Morgan fingerprint density at radius 3 is 1.52 bits per heavy atom. The van der Waals surface area contributed by atoms with Gasteiger partial charge in [0.05, 0.1) is 6.10 Å². The molecule has 0 bridgehead atoms. The van der Waals surface area contributed by atoms with Crippen molar-refractivity contribution in [3.05, 3.63) is 24.3 Å². The van der Waals surface area contributed by atoms with Gasteiger partial charge >= 0.3 is 0 Å². The largest absolute Gasteiger partial charge is 0.392 e. The maximum Gasteiger partial charge on any atom is 0.224 e. The van der Waals surface area contributed by atoms with Gasteiger partial charge in [0.15, 0.2) is 0 Å². The number of unbranched alkanes of at least 4 members (excludes halogenated alkanes) is 6. The van der Waals surface area contributed by atoms with E-state index in [0.717, 1.165) is 12.8 Å². The van der Waals surface area contributed by atoms with Gasteiger partial charge in [0.1, 0.15) is 0 Å². The average Bonchev–Trinajstić information content (AvgIpc) is 2.72. The van der Waals surface area contributed by atoms with Crippen molar-refractivity contribution in [1.82, 2.24) is 15.5 Å². The number of hydrogen-bond donors (Lipinski definition) is 3. The molecule has 0 aromatic rings. The highest BCUT2D eigenvalue weighted by Gasteiger charge is 2.17. The molecule has 0 fully saturated rings. The van der Waals surface area contributed by atoms with Crippen LogP contribution in [-0.4, -0.2) is 59.6 Å². The lowest BCUT2D eigenvalue weighted by molar-refractivity contribution is -0.121. The van der Waals surface area contributed by atoms with Gasteiger partial charge in [0, 0.05) is 44.6 Å². The predicted octanol–water partition coefficient (Wildman–Crippen LogP) is 4.73. The summed E-state index contributed by atoms with van der Waals surface area (Å²) in [4.78, 5) is 26.5. The molecule has 6 nitrogen and oxygen atoms in total. The highest BCUT2D eigenvalue weighted by atomic mass is 16.3. The normalized spacial score (nSPS) is 14.6. The quantitative estimate of drug-likeness (QED) is 0.179. The van der Waals surface area contributed by atoms with Crippen LogP contribution in [-0.2, 0) is 9.59 Å². The van der Waals surface area contributed by atoms with Gasteiger partial charge < -0.3 is 15.7 Å². The summed E-state index contributed by atoms with van der Waals surface area (Å²) in [5, 5.41) is 16.0. The first kappa shape index (κ1) is 31.3. The minimum atomic E-state index is -0.479. The summed E-state index contributed by atoms with van der Waals surface area (Å²) in [6, 6.07) is -0.0857. The Morgan fingerprint density at radius 2 is 1.15 bits per heavy atom. The molecule has 0 heterocycles. The van der Waals surface area contributed by atoms with Crippen LogP contribution in [0, 0.1) is 0 Å². The summed E-state index contributed by atoms with van der Waals surface area (Å²) in [6.07, 6.45) is 17.6. The van der Waals surface area contributed by atoms with Gasteiger partial charge in [-0.2, -0.15) is 0 Å². The van der Waals surface area contributed by atoms with Crippen LogP contribution >= 0.6 is 0 Å². The van der Waals surface area contributed by atoms with E-state index in [1.165, 1.54) is 38.5 Å². The lowest BCUT2D eigenvalue weighted by atomic mass is 10.2. The van der Waals surface area contributed by atoms with Gasteiger partial charge in [-0.3, -0.25) is 14.5 Å². The van der Waals surface area contributed by atoms with Crippen molar-refractivity contribution in [2.24, 2.45) is 0 Å². The standard InChI is InChI=1S/C27H51N3O3/c1-6-8-10-12-14-16-18-26(32)28-23(3)20-30(22-25(5)31)21-24(4)29-27(33)19-17-15-13-11-9-7-2/h14-17,23-25,31H,6-13,18-22H2,1-5H3,(H,28,32)(H,29,33)/b16-14+,17-15+. The molecule has 6 heteroatoms. The van der Waals surface area contributed by atoms with E-state index < -0.39 is 6.10 Å². The van der Waals surface area contributed by atoms with Gasteiger partial charge in [0.25, 0.3) is 0 Å². The van der Waals surface area contributed by atoms with Crippen molar-refractivity contribution >= 4 is 11.8 Å². The SMILES string of the molecule is CCCCC/C=C/CC(=O)NC(C)CN(CC(C)O)CC(C)NC(=O)C/C=C/CCCCC. The molecule has 0 aromatic carbocycles. The van der Waals surface area contributed by atoms with Crippen LogP contribution in [0.1, 0.15) is 98.8 Å². The van der Waals surface area contributed by atoms with Gasteiger partial charge in [-0.1, -0.05) is 63.8 Å². The minimum absolute atomic E-state index is 0.0123. The van der Waals surface area contributed by atoms with Crippen LogP contribution in [0.15, 0.2) is 24.3 Å². The Labute approximate surface area is 203 Å². The Kier molecular flexibility index (Phi) is 19.9. The summed E-state index contributed by atoms with van der Waals surface area (Å²) in [5.41, 5.74) is 0. The Hall–Kier alpha value is -1.66. The topological polar surface area (TPSA) is 81.7 Å². The molecular formula is C27H51N3O3. The zero-order chi connectivity index (χ0) is 24.9. The van der Waals surface area contributed by atoms with Crippen molar-refractivity contribution in [1.29, 1.82) is 0 Å². The first-order valence-electron chi connectivity index (χ1n) is 13.1. The monoisotopic (exact) mass is 465 g/mol. The van der Waals surface area contributed by atoms with Crippen molar-refractivity contribution in [3.8, 4) is 0 Å². The van der Waals surface area contributed by atoms with Crippen LogP contribution in [0.4, 0.5) is 0 Å². The van der Waals surface area contributed by atoms with E-state index in [2.05, 4.69) is 41.5 Å². The number of nitrogens with zero attached hydrogens (tertiary/aromatic N) is 1. The van der Waals surface area contributed by atoms with Crippen molar-refractivity contribution < 1.29 is 14.7 Å². The molecule has 0 aromatic heterocycles. The zero-order valence-corrected chi connectivity index (χ0v) is 21.9. The van der Waals surface area contributed by atoms with Gasteiger partial charge in [-0.05, 0) is 46.5 Å². The number of aliphatic hydroxyl groups is 1. The molecule has 0 radical (unpaired) electrons. The summed E-state index contributed by atoms with van der Waals surface area (Å²) in [5.74, 6) is 0.0247. The molecule has 0 aliphatic rings. The molecule has 33 heavy (non-hydrogen) atoms. The molecule has 3 N–H and O–H groups in total. The maximum atomic E-state index is 12.2. The average molecular weight is 466 g/mol. The molecule has 0 aliphatic carbocycles. The molecule has 0 rings (SSSR count). The van der Waals surface area contributed by atoms with Crippen molar-refractivity contribution in [3.63, 3.8) is 0 Å². The van der Waals surface area contributed by atoms with Crippen LogP contribution in [0.25, 0.3) is 0 Å². The zero-order valence-electron chi connectivity index (χ0n) is 21.9. The van der Waals surface area contributed by atoms with Gasteiger partial charge in [-0.25, -0.2) is 0 Å². The van der Waals surface area contributed by atoms with Crippen LogP contribution in [0.2, 0.25) is 0 Å². The summed E-state index contributed by atoms with van der Waals surface area (Å²) in [6.45, 7) is 11.8. The molecule has 0 spiro atoms. The Balaban J connectivity index is 4.40. The number of allylic oxidation sites excluding steroid dienone is 2.